The fraction of sp³-hybridized carbons (Fsp3) is 0.412. The highest BCUT2D eigenvalue weighted by atomic mass is 79.9. The Morgan fingerprint density at radius 2 is 2.16 bits per heavy atom. The van der Waals surface area contributed by atoms with Crippen molar-refractivity contribution < 1.29 is 19.3 Å². The maximum absolute atomic E-state index is 11.5. The third-order valence-corrected chi connectivity index (χ3v) is 4.64. The number of methoxy groups -OCH3 is 1. The molecule has 0 aliphatic carbocycles. The van der Waals surface area contributed by atoms with Crippen molar-refractivity contribution in [2.75, 3.05) is 13.7 Å². The number of fused-ring (bicyclic) bond motifs is 1. The summed E-state index contributed by atoms with van der Waals surface area (Å²) >= 11 is 3.43. The van der Waals surface area contributed by atoms with Crippen LogP contribution in [0, 0.1) is 0 Å². The van der Waals surface area contributed by atoms with E-state index >= 15 is 0 Å². The van der Waals surface area contributed by atoms with Crippen molar-refractivity contribution in [3.63, 3.8) is 0 Å². The first-order chi connectivity index (χ1) is 11.8. The Morgan fingerprint density at radius 3 is 2.84 bits per heavy atom. The van der Waals surface area contributed by atoms with Crippen LogP contribution in [0.5, 0.6) is 11.6 Å². The molecule has 0 bridgehead atoms. The smallest absolute Gasteiger partial charge is 0.266 e. The van der Waals surface area contributed by atoms with Gasteiger partial charge in [-0.25, -0.2) is 4.68 Å². The van der Waals surface area contributed by atoms with E-state index in [1.165, 1.54) is 23.9 Å². The summed E-state index contributed by atoms with van der Waals surface area (Å²) in [5.41, 5.74) is -0.542. The summed E-state index contributed by atoms with van der Waals surface area (Å²) in [5.74, 6) is 0.835. The molecule has 3 atom stereocenters. The first kappa shape index (κ1) is 17.9. The lowest BCUT2D eigenvalue weighted by Crippen LogP contribution is -2.55. The Morgan fingerprint density at radius 1 is 1.40 bits per heavy atom. The van der Waals surface area contributed by atoms with Crippen LogP contribution >= 0.6 is 15.9 Å². The van der Waals surface area contributed by atoms with E-state index in [0.717, 1.165) is 4.47 Å². The number of benzene rings is 1. The maximum atomic E-state index is 11.5. The van der Waals surface area contributed by atoms with Crippen molar-refractivity contribution in [3.05, 3.63) is 50.7 Å². The van der Waals surface area contributed by atoms with E-state index in [-0.39, 0.29) is 18.0 Å². The Hall–Kier alpha value is -1.90. The largest absolute Gasteiger partial charge is 0.482 e. The molecule has 1 aromatic carbocycles. The van der Waals surface area contributed by atoms with Gasteiger partial charge >= 0.3 is 0 Å². The second kappa shape index (κ2) is 6.78. The van der Waals surface area contributed by atoms with Gasteiger partial charge in [0.15, 0.2) is 11.7 Å². The first-order valence-electron chi connectivity index (χ1n) is 7.70. The predicted octanol–water partition coefficient (Wildman–Crippen LogP) is 1.82. The normalized spacial score (nSPS) is 25.2. The van der Waals surface area contributed by atoms with Gasteiger partial charge < -0.3 is 19.3 Å². The molecule has 7 nitrogen and oxygen atoms in total. The molecule has 25 heavy (non-hydrogen) atoms. The van der Waals surface area contributed by atoms with Crippen LogP contribution in [0.25, 0.3) is 0 Å². The molecule has 0 saturated carbocycles. The van der Waals surface area contributed by atoms with Crippen LogP contribution in [0.1, 0.15) is 18.6 Å². The molecule has 0 amide bonds. The van der Waals surface area contributed by atoms with Crippen LogP contribution in [-0.2, 0) is 11.8 Å². The van der Waals surface area contributed by atoms with Crippen LogP contribution in [0.2, 0.25) is 0 Å². The molecule has 1 N–H and O–H groups in total. The van der Waals surface area contributed by atoms with E-state index in [0.29, 0.717) is 11.3 Å². The topological polar surface area (TPSA) is 82.8 Å². The SMILES string of the molecule is COCC1(C)Oc2ccc(Br)cc2C(Oc2ccc(=O)n(C)n2)C1O. The molecule has 0 radical (unpaired) electrons. The van der Waals surface area contributed by atoms with Crippen LogP contribution < -0.4 is 15.0 Å². The third kappa shape index (κ3) is 3.42. The highest BCUT2D eigenvalue weighted by Gasteiger charge is 2.48. The van der Waals surface area contributed by atoms with Gasteiger partial charge in [-0.1, -0.05) is 15.9 Å². The minimum atomic E-state index is -1.01. The minimum Gasteiger partial charge on any atom is -0.482 e. The van der Waals surface area contributed by atoms with Gasteiger partial charge in [-0.15, -0.1) is 5.10 Å². The molecule has 1 aliphatic heterocycles. The van der Waals surface area contributed by atoms with Gasteiger partial charge in [0.1, 0.15) is 11.9 Å². The van der Waals surface area contributed by atoms with Crippen molar-refractivity contribution in [3.8, 4) is 11.6 Å². The van der Waals surface area contributed by atoms with Crippen LogP contribution in [0.15, 0.2) is 39.6 Å². The zero-order chi connectivity index (χ0) is 18.2. The highest BCUT2D eigenvalue weighted by molar-refractivity contribution is 9.10. The van der Waals surface area contributed by atoms with E-state index in [4.69, 9.17) is 14.2 Å². The molecule has 1 aromatic heterocycles. The Bertz CT molecular complexity index is 840. The fourth-order valence-electron chi connectivity index (χ4n) is 2.84. The molecule has 2 aromatic rings. The molecular weight excluding hydrogens is 392 g/mol. The summed E-state index contributed by atoms with van der Waals surface area (Å²) in [6.07, 6.45) is -1.74. The van der Waals surface area contributed by atoms with Crippen molar-refractivity contribution in [1.82, 2.24) is 9.78 Å². The number of hydrogen-bond acceptors (Lipinski definition) is 6. The number of hydrogen-bond donors (Lipinski definition) is 1. The molecule has 8 heteroatoms. The van der Waals surface area contributed by atoms with Crippen molar-refractivity contribution in [2.45, 2.75) is 24.7 Å². The standard InChI is InChI=1S/C17H19BrN2O5/c1-17(9-23-3)16(22)15(11-8-10(18)4-5-12(11)25-17)24-13-6-7-14(21)20(2)19-13/h4-8,15-16,22H,9H2,1-3H3. The summed E-state index contributed by atoms with van der Waals surface area (Å²) in [5, 5.41) is 15.0. The number of aromatic nitrogens is 2. The lowest BCUT2D eigenvalue weighted by molar-refractivity contribution is -0.138. The number of nitrogens with zero attached hydrogens (tertiary/aromatic N) is 2. The second-order valence-electron chi connectivity index (χ2n) is 6.15. The van der Waals surface area contributed by atoms with E-state index in [1.807, 2.05) is 18.2 Å². The van der Waals surface area contributed by atoms with E-state index in [2.05, 4.69) is 21.0 Å². The van der Waals surface area contributed by atoms with Crippen molar-refractivity contribution >= 4 is 15.9 Å². The molecule has 3 rings (SSSR count). The Balaban J connectivity index is 2.03. The van der Waals surface area contributed by atoms with Gasteiger partial charge in [0.05, 0.1) is 6.61 Å². The minimum absolute atomic E-state index is 0.185. The summed E-state index contributed by atoms with van der Waals surface area (Å²) < 4.78 is 19.2. The highest BCUT2D eigenvalue weighted by Crippen LogP contribution is 2.43. The summed E-state index contributed by atoms with van der Waals surface area (Å²) in [6, 6.07) is 8.34. The number of aliphatic hydroxyl groups is 1. The van der Waals surface area contributed by atoms with E-state index < -0.39 is 17.8 Å². The van der Waals surface area contributed by atoms with Gasteiger partial charge in [-0.3, -0.25) is 4.79 Å². The molecule has 0 fully saturated rings. The number of ether oxygens (including phenoxy) is 3. The molecule has 1 aliphatic rings. The van der Waals surface area contributed by atoms with Crippen LogP contribution in [-0.4, -0.2) is 40.3 Å². The van der Waals surface area contributed by atoms with Gasteiger partial charge in [0.2, 0.25) is 5.88 Å². The molecule has 134 valence electrons. The van der Waals surface area contributed by atoms with Crippen molar-refractivity contribution in [2.24, 2.45) is 7.05 Å². The Kier molecular flexibility index (Phi) is 4.86. The van der Waals surface area contributed by atoms with Gasteiger partial charge in [-0.05, 0) is 25.1 Å². The van der Waals surface area contributed by atoms with Gasteiger partial charge in [0.25, 0.3) is 5.56 Å². The van der Waals surface area contributed by atoms with Gasteiger partial charge in [-0.2, -0.15) is 0 Å². The maximum Gasteiger partial charge on any atom is 0.266 e. The average Bonchev–Trinajstić information content (AvgIpc) is 2.56. The summed E-state index contributed by atoms with van der Waals surface area (Å²) in [6.45, 7) is 1.95. The first-order valence-corrected chi connectivity index (χ1v) is 8.50. The molecular formula is C17H19BrN2O5. The van der Waals surface area contributed by atoms with Gasteiger partial charge in [0, 0.05) is 36.3 Å². The monoisotopic (exact) mass is 410 g/mol. The lowest BCUT2D eigenvalue weighted by Gasteiger charge is -2.43. The fourth-order valence-corrected chi connectivity index (χ4v) is 3.22. The Labute approximate surface area is 153 Å². The quantitative estimate of drug-likeness (QED) is 0.827. The molecule has 0 spiro atoms. The average molecular weight is 411 g/mol. The molecule has 2 heterocycles. The zero-order valence-electron chi connectivity index (χ0n) is 14.1. The summed E-state index contributed by atoms with van der Waals surface area (Å²) in [7, 11) is 3.08. The number of rotatable bonds is 4. The summed E-state index contributed by atoms with van der Waals surface area (Å²) in [4.78, 5) is 11.5. The van der Waals surface area contributed by atoms with Crippen molar-refractivity contribution in [1.29, 1.82) is 0 Å². The number of halogens is 1. The lowest BCUT2D eigenvalue weighted by atomic mass is 9.87. The van der Waals surface area contributed by atoms with E-state index in [1.54, 1.807) is 14.0 Å². The number of aliphatic hydroxyl groups excluding tert-OH is 1. The van der Waals surface area contributed by atoms with Crippen LogP contribution in [0.3, 0.4) is 0 Å². The zero-order valence-corrected chi connectivity index (χ0v) is 15.7. The van der Waals surface area contributed by atoms with E-state index in [9.17, 15) is 9.90 Å². The molecule has 3 unspecified atom stereocenters. The molecule has 0 saturated heterocycles. The second-order valence-corrected chi connectivity index (χ2v) is 7.06. The van der Waals surface area contributed by atoms with Crippen LogP contribution in [0.4, 0.5) is 0 Å². The third-order valence-electron chi connectivity index (χ3n) is 4.15. The predicted molar refractivity (Wildman–Crippen MR) is 93.9 cm³/mol. The number of aryl methyl sites for hydroxylation is 1.